The standard InChI is InChI=1S/C29H37ClN6O3S/c1-5-6-15-39-29(38)22(31)9-7-8-14-32-24(37)16-23-27-35-34-19(4)36(27)28-25(17(2)18(3)40-28)26(33-23)20-10-12-21(30)13-11-20/h10-13,22-23H,5-9,14-16,31H2,1-4H3,(H,32,37)/t22?,23-/m0/s1. The van der Waals surface area contributed by atoms with E-state index >= 15 is 0 Å². The topological polar surface area (TPSA) is 124 Å². The van der Waals surface area contributed by atoms with Crippen LogP contribution < -0.4 is 11.1 Å². The quantitative estimate of drug-likeness (QED) is 0.224. The van der Waals surface area contributed by atoms with Gasteiger partial charge in [0.1, 0.15) is 22.9 Å². The molecule has 0 bridgehead atoms. The van der Waals surface area contributed by atoms with E-state index in [4.69, 9.17) is 27.1 Å². The third-order valence-corrected chi connectivity index (χ3v) is 8.49. The molecule has 2 aromatic heterocycles. The van der Waals surface area contributed by atoms with Crippen LogP contribution >= 0.6 is 22.9 Å². The van der Waals surface area contributed by atoms with Gasteiger partial charge in [-0.3, -0.25) is 19.1 Å². The lowest BCUT2D eigenvalue weighted by atomic mass is 9.99. The number of hydrogen-bond donors (Lipinski definition) is 2. The van der Waals surface area contributed by atoms with Crippen LogP contribution in [-0.2, 0) is 14.3 Å². The minimum atomic E-state index is -0.637. The molecule has 1 aromatic carbocycles. The number of unbranched alkanes of at least 4 members (excludes halogenated alkanes) is 2. The van der Waals surface area contributed by atoms with Crippen molar-refractivity contribution >= 4 is 40.5 Å². The molecule has 3 N–H and O–H groups in total. The first-order valence-electron chi connectivity index (χ1n) is 13.8. The number of rotatable bonds is 12. The number of aromatic nitrogens is 3. The van der Waals surface area contributed by atoms with Gasteiger partial charge in [-0.1, -0.05) is 37.1 Å². The summed E-state index contributed by atoms with van der Waals surface area (Å²) in [6.07, 6.45) is 3.85. The Morgan fingerprint density at radius 3 is 2.62 bits per heavy atom. The molecule has 9 nitrogen and oxygen atoms in total. The first-order chi connectivity index (χ1) is 19.2. The highest BCUT2D eigenvalue weighted by molar-refractivity contribution is 7.15. The second-order valence-electron chi connectivity index (χ2n) is 10.1. The van der Waals surface area contributed by atoms with Gasteiger partial charge in [0.25, 0.3) is 0 Å². The number of nitrogens with zero attached hydrogens (tertiary/aromatic N) is 4. The molecule has 3 heterocycles. The zero-order valence-electron chi connectivity index (χ0n) is 23.5. The molecular formula is C29H37ClN6O3S. The number of nitrogens with two attached hydrogens (primary N) is 1. The zero-order valence-corrected chi connectivity index (χ0v) is 25.1. The summed E-state index contributed by atoms with van der Waals surface area (Å²) >= 11 is 7.85. The lowest BCUT2D eigenvalue weighted by molar-refractivity contribution is -0.145. The molecule has 3 aromatic rings. The predicted molar refractivity (Wildman–Crippen MR) is 159 cm³/mol. The second-order valence-corrected chi connectivity index (χ2v) is 11.7. The molecule has 2 atom stereocenters. The van der Waals surface area contributed by atoms with E-state index in [0.29, 0.717) is 43.3 Å². The van der Waals surface area contributed by atoms with E-state index in [-0.39, 0.29) is 18.3 Å². The van der Waals surface area contributed by atoms with Gasteiger partial charge in [-0.2, -0.15) is 0 Å². The molecule has 4 rings (SSSR count). The average Bonchev–Trinajstić information content (AvgIpc) is 3.40. The van der Waals surface area contributed by atoms with E-state index in [9.17, 15) is 9.59 Å². The van der Waals surface area contributed by atoms with E-state index in [0.717, 1.165) is 46.1 Å². The minimum Gasteiger partial charge on any atom is -0.465 e. The van der Waals surface area contributed by atoms with Gasteiger partial charge in [0.05, 0.1) is 18.7 Å². The third-order valence-electron chi connectivity index (χ3n) is 7.04. The number of carbonyl (C=O) groups excluding carboxylic acids is 2. The van der Waals surface area contributed by atoms with E-state index in [1.807, 2.05) is 42.7 Å². The van der Waals surface area contributed by atoms with Crippen molar-refractivity contribution in [2.45, 2.75) is 78.3 Å². The number of fused-ring (bicyclic) bond motifs is 3. The van der Waals surface area contributed by atoms with Crippen LogP contribution in [0.4, 0.5) is 0 Å². The van der Waals surface area contributed by atoms with E-state index in [1.165, 1.54) is 4.88 Å². The van der Waals surface area contributed by atoms with Crippen molar-refractivity contribution in [1.29, 1.82) is 0 Å². The van der Waals surface area contributed by atoms with Gasteiger partial charge in [0.2, 0.25) is 5.91 Å². The van der Waals surface area contributed by atoms with Crippen molar-refractivity contribution in [3.8, 4) is 5.00 Å². The minimum absolute atomic E-state index is 0.127. The number of halogens is 1. The van der Waals surface area contributed by atoms with Gasteiger partial charge < -0.3 is 15.8 Å². The maximum absolute atomic E-state index is 13.1. The van der Waals surface area contributed by atoms with Gasteiger partial charge in [-0.05, 0) is 64.2 Å². The van der Waals surface area contributed by atoms with Gasteiger partial charge >= 0.3 is 5.97 Å². The van der Waals surface area contributed by atoms with Crippen LogP contribution in [0.3, 0.4) is 0 Å². The van der Waals surface area contributed by atoms with Gasteiger partial charge in [0.15, 0.2) is 5.82 Å². The molecule has 0 aliphatic carbocycles. The largest absolute Gasteiger partial charge is 0.465 e. The molecule has 40 heavy (non-hydrogen) atoms. The number of benzene rings is 1. The van der Waals surface area contributed by atoms with Crippen molar-refractivity contribution < 1.29 is 14.3 Å². The number of hydrogen-bond acceptors (Lipinski definition) is 8. The molecule has 1 aliphatic heterocycles. The van der Waals surface area contributed by atoms with Crippen LogP contribution in [0.5, 0.6) is 0 Å². The molecule has 1 aliphatic rings. The highest BCUT2D eigenvalue weighted by Crippen LogP contribution is 2.39. The highest BCUT2D eigenvalue weighted by Gasteiger charge is 2.32. The summed E-state index contributed by atoms with van der Waals surface area (Å²) in [5.41, 5.74) is 9.86. The summed E-state index contributed by atoms with van der Waals surface area (Å²) in [5, 5.41) is 13.4. The number of amides is 1. The normalized spacial score (nSPS) is 15.1. The molecule has 1 unspecified atom stereocenters. The highest BCUT2D eigenvalue weighted by atomic mass is 35.5. The fourth-order valence-electron chi connectivity index (χ4n) is 4.64. The summed E-state index contributed by atoms with van der Waals surface area (Å²) < 4.78 is 7.21. The van der Waals surface area contributed by atoms with E-state index in [2.05, 4.69) is 29.4 Å². The first kappa shape index (κ1) is 29.9. The smallest absolute Gasteiger partial charge is 0.322 e. The molecule has 0 saturated carbocycles. The predicted octanol–water partition coefficient (Wildman–Crippen LogP) is 5.15. The fraction of sp³-hybridized carbons (Fsp3) is 0.483. The Hall–Kier alpha value is -3.08. The monoisotopic (exact) mass is 584 g/mol. The summed E-state index contributed by atoms with van der Waals surface area (Å²) in [4.78, 5) is 31.3. The number of aryl methyl sites for hydroxylation is 2. The molecule has 0 fully saturated rings. The Kier molecular flexibility index (Phi) is 10.1. The Morgan fingerprint density at radius 1 is 1.15 bits per heavy atom. The lowest BCUT2D eigenvalue weighted by Gasteiger charge is -2.14. The number of thiophene rings is 1. The number of nitrogens with one attached hydrogen (secondary N) is 1. The maximum atomic E-state index is 13.1. The van der Waals surface area contributed by atoms with Gasteiger partial charge in [-0.25, -0.2) is 0 Å². The molecule has 11 heteroatoms. The molecule has 214 valence electrons. The van der Waals surface area contributed by atoms with Crippen LogP contribution in [0.1, 0.15) is 84.7 Å². The van der Waals surface area contributed by atoms with Crippen LogP contribution in [0, 0.1) is 20.8 Å². The number of esters is 1. The van der Waals surface area contributed by atoms with Crippen molar-refractivity contribution in [3.63, 3.8) is 0 Å². The van der Waals surface area contributed by atoms with Crippen LogP contribution in [0.25, 0.3) is 5.00 Å². The number of aliphatic imine (C=N–C) groups is 1. The molecular weight excluding hydrogens is 548 g/mol. The third kappa shape index (κ3) is 6.79. The molecule has 1 amide bonds. The fourth-order valence-corrected chi connectivity index (χ4v) is 5.98. The number of carbonyl (C=O) groups is 2. The SMILES string of the molecule is CCCCOC(=O)C(N)CCCCNC(=O)C[C@@H]1N=C(c2ccc(Cl)cc2)c2c(sc(C)c2C)-n2c(C)nnc21. The van der Waals surface area contributed by atoms with Crippen LogP contribution in [0.2, 0.25) is 5.02 Å². The summed E-state index contributed by atoms with van der Waals surface area (Å²) in [7, 11) is 0. The Bertz CT molecular complexity index is 1380. The van der Waals surface area contributed by atoms with E-state index in [1.54, 1.807) is 11.3 Å². The van der Waals surface area contributed by atoms with Crippen molar-refractivity contribution in [2.75, 3.05) is 13.2 Å². The summed E-state index contributed by atoms with van der Waals surface area (Å²) in [6.45, 7) is 9.03. The maximum Gasteiger partial charge on any atom is 0.322 e. The molecule has 0 radical (unpaired) electrons. The Balaban J connectivity index is 1.46. The van der Waals surface area contributed by atoms with Gasteiger partial charge in [-0.15, -0.1) is 21.5 Å². The van der Waals surface area contributed by atoms with Crippen LogP contribution in [0.15, 0.2) is 29.3 Å². The Labute approximate surface area is 244 Å². The van der Waals surface area contributed by atoms with Crippen molar-refractivity contribution in [1.82, 2.24) is 20.1 Å². The first-order valence-corrected chi connectivity index (χ1v) is 15.0. The molecule has 0 spiro atoms. The molecule has 0 saturated heterocycles. The van der Waals surface area contributed by atoms with E-state index < -0.39 is 12.1 Å². The average molecular weight is 585 g/mol. The van der Waals surface area contributed by atoms with Crippen LogP contribution in [-0.4, -0.2) is 51.5 Å². The number of ether oxygens (including phenoxy) is 1. The van der Waals surface area contributed by atoms with Crippen molar-refractivity contribution in [2.24, 2.45) is 10.7 Å². The summed E-state index contributed by atoms with van der Waals surface area (Å²) in [5.74, 6) is 0.906. The van der Waals surface area contributed by atoms with Gasteiger partial charge in [0, 0.05) is 27.6 Å². The zero-order chi connectivity index (χ0) is 28.8. The summed E-state index contributed by atoms with van der Waals surface area (Å²) in [6, 6.07) is 6.46. The lowest BCUT2D eigenvalue weighted by Crippen LogP contribution is -2.33. The Morgan fingerprint density at radius 2 is 1.90 bits per heavy atom. The van der Waals surface area contributed by atoms with Crippen molar-refractivity contribution in [3.05, 3.63) is 62.5 Å². The second kappa shape index (κ2) is 13.5.